The van der Waals surface area contributed by atoms with Gasteiger partial charge in [-0.25, -0.2) is 0 Å². The summed E-state index contributed by atoms with van der Waals surface area (Å²) in [7, 11) is 1.51. The molecule has 6 heteroatoms. The van der Waals surface area contributed by atoms with Gasteiger partial charge in [0.05, 0.1) is 19.3 Å². The molecule has 4 N–H and O–H groups in total. The van der Waals surface area contributed by atoms with Gasteiger partial charge in [0.15, 0.2) is 0 Å². The molecule has 0 aliphatic carbocycles. The quantitative estimate of drug-likeness (QED) is 0.682. The summed E-state index contributed by atoms with van der Waals surface area (Å²) in [6.45, 7) is 3.89. The normalized spacial score (nSPS) is 14.2. The molecular formula is C10H18N4O2. The number of hydrogen-bond acceptors (Lipinski definition) is 6. The molecule has 16 heavy (non-hydrogen) atoms. The number of methoxy groups -OCH3 is 1. The molecule has 1 rings (SSSR count). The Bertz CT molecular complexity index is 353. The Morgan fingerprint density at radius 3 is 2.75 bits per heavy atom. The van der Waals surface area contributed by atoms with Gasteiger partial charge in [0.2, 0.25) is 11.8 Å². The van der Waals surface area contributed by atoms with Gasteiger partial charge < -0.3 is 20.9 Å². The van der Waals surface area contributed by atoms with Gasteiger partial charge in [-0.1, -0.05) is 6.92 Å². The number of nitrogens with one attached hydrogen (secondary N) is 1. The average Bonchev–Trinajstić information content (AvgIpc) is 2.28. The first kappa shape index (κ1) is 12.5. The molecule has 0 saturated heterocycles. The maximum atomic E-state index is 9.27. The molecular weight excluding hydrogens is 208 g/mol. The van der Waals surface area contributed by atoms with Crippen LogP contribution in [0.3, 0.4) is 0 Å². The Labute approximate surface area is 94.9 Å². The zero-order valence-electron chi connectivity index (χ0n) is 9.82. The number of aromatic nitrogens is 2. The maximum Gasteiger partial charge on any atom is 0.225 e. The SMILES string of the molecule is CCC(C)(CO)Nc1cc(OC)nc(N)n1. The number of nitrogens with zero attached hydrogens (tertiary/aromatic N) is 2. The molecule has 0 fully saturated rings. The molecule has 0 aromatic carbocycles. The van der Waals surface area contributed by atoms with Crippen LogP contribution in [0.2, 0.25) is 0 Å². The summed E-state index contributed by atoms with van der Waals surface area (Å²) in [6.07, 6.45) is 0.760. The standard InChI is InChI=1S/C10H18N4O2/c1-4-10(2,6-15)14-7-5-8(16-3)13-9(11)12-7/h5,15H,4,6H2,1-3H3,(H3,11,12,13,14). The number of nitrogens with two attached hydrogens (primary N) is 1. The van der Waals surface area contributed by atoms with Gasteiger partial charge in [0.25, 0.3) is 0 Å². The van der Waals surface area contributed by atoms with Gasteiger partial charge in [-0.15, -0.1) is 0 Å². The molecule has 90 valence electrons. The van der Waals surface area contributed by atoms with Crippen LogP contribution in [0.5, 0.6) is 5.88 Å². The van der Waals surface area contributed by atoms with Crippen molar-refractivity contribution in [3.63, 3.8) is 0 Å². The van der Waals surface area contributed by atoms with Crippen LogP contribution in [0, 0.1) is 0 Å². The molecule has 1 unspecified atom stereocenters. The highest BCUT2D eigenvalue weighted by Gasteiger charge is 2.21. The molecule has 0 aliphatic heterocycles. The van der Waals surface area contributed by atoms with Crippen molar-refractivity contribution in [2.75, 3.05) is 24.8 Å². The highest BCUT2D eigenvalue weighted by atomic mass is 16.5. The summed E-state index contributed by atoms with van der Waals surface area (Å²) < 4.78 is 4.98. The van der Waals surface area contributed by atoms with E-state index in [1.165, 1.54) is 7.11 Å². The Hall–Kier alpha value is -1.56. The van der Waals surface area contributed by atoms with E-state index in [-0.39, 0.29) is 12.6 Å². The molecule has 0 aliphatic rings. The first-order chi connectivity index (χ1) is 7.53. The largest absolute Gasteiger partial charge is 0.481 e. The number of ether oxygens (including phenoxy) is 1. The fourth-order valence-electron chi connectivity index (χ4n) is 1.16. The summed E-state index contributed by atoms with van der Waals surface area (Å²) in [5.41, 5.74) is 5.11. The van der Waals surface area contributed by atoms with Crippen LogP contribution in [0.25, 0.3) is 0 Å². The van der Waals surface area contributed by atoms with Crippen LogP contribution in [0.15, 0.2) is 6.07 Å². The Morgan fingerprint density at radius 2 is 2.25 bits per heavy atom. The van der Waals surface area contributed by atoms with E-state index >= 15 is 0 Å². The van der Waals surface area contributed by atoms with Crippen molar-refractivity contribution >= 4 is 11.8 Å². The van der Waals surface area contributed by atoms with Crippen molar-refractivity contribution in [2.45, 2.75) is 25.8 Å². The van der Waals surface area contributed by atoms with Crippen molar-refractivity contribution in [3.05, 3.63) is 6.07 Å². The fraction of sp³-hybridized carbons (Fsp3) is 0.600. The van der Waals surface area contributed by atoms with E-state index in [1.54, 1.807) is 6.07 Å². The second kappa shape index (κ2) is 4.98. The lowest BCUT2D eigenvalue weighted by molar-refractivity contribution is 0.218. The van der Waals surface area contributed by atoms with Gasteiger partial charge in [-0.3, -0.25) is 0 Å². The van der Waals surface area contributed by atoms with Crippen LogP contribution in [0.1, 0.15) is 20.3 Å². The van der Waals surface area contributed by atoms with Crippen molar-refractivity contribution < 1.29 is 9.84 Å². The lowest BCUT2D eigenvalue weighted by Gasteiger charge is -2.27. The van der Waals surface area contributed by atoms with Crippen molar-refractivity contribution in [2.24, 2.45) is 0 Å². The van der Waals surface area contributed by atoms with Crippen LogP contribution >= 0.6 is 0 Å². The van der Waals surface area contributed by atoms with Crippen LogP contribution in [-0.4, -0.2) is 34.3 Å². The van der Waals surface area contributed by atoms with Crippen LogP contribution in [0.4, 0.5) is 11.8 Å². The third kappa shape index (κ3) is 2.96. The predicted molar refractivity (Wildman–Crippen MR) is 62.4 cm³/mol. The fourth-order valence-corrected chi connectivity index (χ4v) is 1.16. The maximum absolute atomic E-state index is 9.27. The number of rotatable bonds is 5. The molecule has 0 radical (unpaired) electrons. The van der Waals surface area contributed by atoms with Gasteiger partial charge >= 0.3 is 0 Å². The van der Waals surface area contributed by atoms with E-state index in [1.807, 2.05) is 13.8 Å². The molecule has 1 atom stereocenters. The zero-order chi connectivity index (χ0) is 12.2. The number of hydrogen-bond donors (Lipinski definition) is 3. The van der Waals surface area contributed by atoms with Crippen molar-refractivity contribution in [3.8, 4) is 5.88 Å². The van der Waals surface area contributed by atoms with Gasteiger partial charge in [-0.2, -0.15) is 9.97 Å². The van der Waals surface area contributed by atoms with E-state index in [4.69, 9.17) is 10.5 Å². The third-order valence-electron chi connectivity index (χ3n) is 2.49. The summed E-state index contributed by atoms with van der Waals surface area (Å²) in [5.74, 6) is 1.08. The molecule has 6 nitrogen and oxygen atoms in total. The van der Waals surface area contributed by atoms with Crippen LogP contribution < -0.4 is 15.8 Å². The van der Waals surface area contributed by atoms with Gasteiger partial charge in [-0.05, 0) is 13.3 Å². The highest BCUT2D eigenvalue weighted by Crippen LogP contribution is 2.20. The summed E-state index contributed by atoms with van der Waals surface area (Å²) in [6, 6.07) is 1.64. The van der Waals surface area contributed by atoms with E-state index in [0.29, 0.717) is 11.7 Å². The minimum Gasteiger partial charge on any atom is -0.481 e. The Morgan fingerprint density at radius 1 is 1.56 bits per heavy atom. The third-order valence-corrected chi connectivity index (χ3v) is 2.49. The summed E-state index contributed by atoms with van der Waals surface area (Å²) in [5, 5.41) is 12.4. The van der Waals surface area contributed by atoms with Gasteiger partial charge in [0, 0.05) is 6.07 Å². The monoisotopic (exact) mass is 226 g/mol. The van der Waals surface area contributed by atoms with E-state index in [2.05, 4.69) is 15.3 Å². The first-order valence-corrected chi connectivity index (χ1v) is 5.10. The molecule has 0 spiro atoms. The zero-order valence-corrected chi connectivity index (χ0v) is 9.82. The number of aliphatic hydroxyl groups is 1. The van der Waals surface area contributed by atoms with Crippen LogP contribution in [-0.2, 0) is 0 Å². The lowest BCUT2D eigenvalue weighted by Crippen LogP contribution is -2.38. The van der Waals surface area contributed by atoms with E-state index in [0.717, 1.165) is 6.42 Å². The Kier molecular flexibility index (Phi) is 3.89. The summed E-state index contributed by atoms with van der Waals surface area (Å²) in [4.78, 5) is 7.90. The lowest BCUT2D eigenvalue weighted by atomic mass is 10.0. The second-order valence-corrected chi connectivity index (χ2v) is 3.85. The molecule has 1 aromatic heterocycles. The van der Waals surface area contributed by atoms with Crippen molar-refractivity contribution in [1.29, 1.82) is 0 Å². The minimum atomic E-state index is -0.425. The highest BCUT2D eigenvalue weighted by molar-refractivity contribution is 5.44. The van der Waals surface area contributed by atoms with E-state index < -0.39 is 5.54 Å². The number of anilines is 2. The molecule has 0 amide bonds. The number of nitrogen functional groups attached to an aromatic ring is 1. The second-order valence-electron chi connectivity index (χ2n) is 3.85. The first-order valence-electron chi connectivity index (χ1n) is 5.10. The van der Waals surface area contributed by atoms with E-state index in [9.17, 15) is 5.11 Å². The average molecular weight is 226 g/mol. The van der Waals surface area contributed by atoms with Gasteiger partial charge in [0.1, 0.15) is 5.82 Å². The topological polar surface area (TPSA) is 93.3 Å². The molecule has 1 heterocycles. The van der Waals surface area contributed by atoms with Crippen molar-refractivity contribution in [1.82, 2.24) is 9.97 Å². The molecule has 0 bridgehead atoms. The molecule has 0 saturated carbocycles. The molecule has 1 aromatic rings. The smallest absolute Gasteiger partial charge is 0.225 e. The minimum absolute atomic E-state index is 0.00965. The predicted octanol–water partition coefficient (Wildman–Crippen LogP) is 0.640. The summed E-state index contributed by atoms with van der Waals surface area (Å²) >= 11 is 0. The number of aliphatic hydroxyl groups excluding tert-OH is 1. The Balaban J connectivity index is 2.92.